The van der Waals surface area contributed by atoms with Crippen molar-refractivity contribution in [3.05, 3.63) is 24.8 Å². The first-order chi connectivity index (χ1) is 6.13. The first-order valence-corrected chi connectivity index (χ1v) is 3.28. The summed E-state index contributed by atoms with van der Waals surface area (Å²) in [7, 11) is 0. The van der Waals surface area contributed by atoms with E-state index in [9.17, 15) is 0 Å². The fourth-order valence-corrected chi connectivity index (χ4v) is 0.398. The average Bonchev–Trinajstić information content (AvgIpc) is 2.06. The summed E-state index contributed by atoms with van der Waals surface area (Å²) in [5, 5.41) is 15.0. The quantitative estimate of drug-likeness (QED) is 0.254. The van der Waals surface area contributed by atoms with E-state index in [0.29, 0.717) is 0 Å². The Labute approximate surface area is 75.2 Å². The van der Waals surface area contributed by atoms with Gasteiger partial charge in [0, 0.05) is 24.8 Å². The van der Waals surface area contributed by atoms with Crippen LogP contribution < -0.4 is 16.8 Å². The van der Waals surface area contributed by atoms with Gasteiger partial charge in [0.15, 0.2) is 11.9 Å². The van der Waals surface area contributed by atoms with Crippen LogP contribution in [0.2, 0.25) is 0 Å². The SMILES string of the molecule is N=C(N)NC(=N)N.c1cnccn1. The highest BCUT2D eigenvalue weighted by Gasteiger charge is 1.83. The van der Waals surface area contributed by atoms with Crippen LogP contribution >= 0.6 is 0 Å². The van der Waals surface area contributed by atoms with Gasteiger partial charge in [0.1, 0.15) is 0 Å². The van der Waals surface area contributed by atoms with Crippen molar-refractivity contribution < 1.29 is 0 Å². The third-order valence-corrected chi connectivity index (χ3v) is 0.747. The van der Waals surface area contributed by atoms with Crippen molar-refractivity contribution in [2.24, 2.45) is 11.5 Å². The third-order valence-electron chi connectivity index (χ3n) is 0.747. The number of rotatable bonds is 0. The van der Waals surface area contributed by atoms with Crippen LogP contribution in [0.5, 0.6) is 0 Å². The van der Waals surface area contributed by atoms with Crippen LogP contribution in [0.4, 0.5) is 0 Å². The molecule has 0 fully saturated rings. The minimum Gasteiger partial charge on any atom is -0.370 e. The van der Waals surface area contributed by atoms with Crippen molar-refractivity contribution in [1.82, 2.24) is 15.3 Å². The number of nitrogens with two attached hydrogens (primary N) is 2. The minimum atomic E-state index is -0.312. The molecule has 7 N–H and O–H groups in total. The highest BCUT2D eigenvalue weighted by Crippen LogP contribution is 1.65. The van der Waals surface area contributed by atoms with Gasteiger partial charge in [-0.05, 0) is 0 Å². The molecule has 70 valence electrons. The number of hydrogen-bond donors (Lipinski definition) is 5. The molecule has 0 radical (unpaired) electrons. The van der Waals surface area contributed by atoms with E-state index in [1.165, 1.54) is 0 Å². The molecule has 0 spiro atoms. The van der Waals surface area contributed by atoms with Crippen LogP contribution in [0, 0.1) is 10.8 Å². The molecule has 0 amide bonds. The van der Waals surface area contributed by atoms with Crippen molar-refractivity contribution in [2.45, 2.75) is 0 Å². The lowest BCUT2D eigenvalue weighted by Crippen LogP contribution is -2.39. The van der Waals surface area contributed by atoms with Gasteiger partial charge in [-0.25, -0.2) is 0 Å². The number of aromatic nitrogens is 2. The number of nitrogens with one attached hydrogen (secondary N) is 3. The smallest absolute Gasteiger partial charge is 0.192 e. The molecule has 1 aromatic heterocycles. The molecule has 0 aliphatic carbocycles. The first kappa shape index (κ1) is 10.8. The molecule has 0 atom stereocenters. The van der Waals surface area contributed by atoms with E-state index in [1.54, 1.807) is 24.8 Å². The van der Waals surface area contributed by atoms with E-state index in [0.717, 1.165) is 0 Å². The normalized spacial score (nSPS) is 7.69. The zero-order chi connectivity index (χ0) is 10.1. The Balaban J connectivity index is 0.000000223. The van der Waals surface area contributed by atoms with E-state index in [-0.39, 0.29) is 11.9 Å². The maximum Gasteiger partial charge on any atom is 0.192 e. The van der Waals surface area contributed by atoms with Crippen molar-refractivity contribution in [2.75, 3.05) is 0 Å². The van der Waals surface area contributed by atoms with E-state index in [4.69, 9.17) is 22.3 Å². The summed E-state index contributed by atoms with van der Waals surface area (Å²) in [5.41, 5.74) is 9.49. The summed E-state index contributed by atoms with van der Waals surface area (Å²) in [6.07, 6.45) is 6.56. The lowest BCUT2D eigenvalue weighted by Gasteiger charge is -1.95. The molecule has 7 nitrogen and oxygen atoms in total. The molecule has 0 aromatic carbocycles. The molecule has 0 saturated carbocycles. The van der Waals surface area contributed by atoms with Crippen LogP contribution in [0.1, 0.15) is 0 Å². The second-order valence-electron chi connectivity index (χ2n) is 1.85. The molecular weight excluding hydrogens is 170 g/mol. The van der Waals surface area contributed by atoms with Gasteiger partial charge in [0.05, 0.1) is 0 Å². The van der Waals surface area contributed by atoms with Gasteiger partial charge in [0.25, 0.3) is 0 Å². The fourth-order valence-electron chi connectivity index (χ4n) is 0.398. The molecule has 0 unspecified atom stereocenters. The van der Waals surface area contributed by atoms with Crippen molar-refractivity contribution in [3.8, 4) is 0 Å². The topological polar surface area (TPSA) is 138 Å². The van der Waals surface area contributed by atoms with E-state index >= 15 is 0 Å². The Morgan fingerprint density at radius 1 is 0.923 bits per heavy atom. The largest absolute Gasteiger partial charge is 0.370 e. The highest BCUT2D eigenvalue weighted by molar-refractivity contribution is 5.93. The third kappa shape index (κ3) is 9.82. The second kappa shape index (κ2) is 6.53. The maximum absolute atomic E-state index is 6.47. The van der Waals surface area contributed by atoms with Gasteiger partial charge >= 0.3 is 0 Å². The minimum absolute atomic E-state index is 0.312. The lowest BCUT2D eigenvalue weighted by molar-refractivity contribution is 1.19. The Bertz CT molecular complexity index is 218. The number of guanidine groups is 2. The standard InChI is InChI=1S/C4H4N2.C2H7N5/c1-2-6-4-3-5-1;3-1(4)7-2(5)6/h1-4H;(H7,3,4,5,6,7). The van der Waals surface area contributed by atoms with E-state index in [1.807, 2.05) is 5.32 Å². The summed E-state index contributed by atoms with van der Waals surface area (Å²) in [5.74, 6) is -0.625. The molecule has 1 rings (SSSR count). The van der Waals surface area contributed by atoms with Gasteiger partial charge in [-0.2, -0.15) is 0 Å². The van der Waals surface area contributed by atoms with Gasteiger partial charge in [0.2, 0.25) is 0 Å². The Morgan fingerprint density at radius 2 is 1.23 bits per heavy atom. The first-order valence-electron chi connectivity index (χ1n) is 3.28. The maximum atomic E-state index is 6.47. The van der Waals surface area contributed by atoms with Crippen LogP contribution in [0.15, 0.2) is 24.8 Å². The highest BCUT2D eigenvalue weighted by atomic mass is 15.1. The van der Waals surface area contributed by atoms with Gasteiger partial charge in [-0.1, -0.05) is 0 Å². The Morgan fingerprint density at radius 3 is 1.31 bits per heavy atom. The van der Waals surface area contributed by atoms with Gasteiger partial charge in [-0.15, -0.1) is 0 Å². The van der Waals surface area contributed by atoms with Crippen molar-refractivity contribution >= 4 is 11.9 Å². The molecule has 1 aromatic rings. The molecule has 7 heteroatoms. The molecule has 0 aliphatic rings. The average molecular weight is 181 g/mol. The second-order valence-corrected chi connectivity index (χ2v) is 1.85. The van der Waals surface area contributed by atoms with Crippen LogP contribution in [-0.2, 0) is 0 Å². The van der Waals surface area contributed by atoms with Crippen molar-refractivity contribution in [3.63, 3.8) is 0 Å². The van der Waals surface area contributed by atoms with Gasteiger partial charge in [-0.3, -0.25) is 26.1 Å². The lowest BCUT2D eigenvalue weighted by atomic mass is 10.8. The summed E-state index contributed by atoms with van der Waals surface area (Å²) in [4.78, 5) is 7.44. The van der Waals surface area contributed by atoms with Crippen LogP contribution in [0.3, 0.4) is 0 Å². The van der Waals surface area contributed by atoms with Crippen molar-refractivity contribution in [1.29, 1.82) is 10.8 Å². The fraction of sp³-hybridized carbons (Fsp3) is 0. The Hall–Kier alpha value is -2.18. The molecular formula is C6H11N7. The molecule has 1 heterocycles. The van der Waals surface area contributed by atoms with Crippen LogP contribution in [0.25, 0.3) is 0 Å². The number of nitrogens with zero attached hydrogens (tertiary/aromatic N) is 2. The molecule has 0 bridgehead atoms. The summed E-state index contributed by atoms with van der Waals surface area (Å²) in [6.45, 7) is 0. The van der Waals surface area contributed by atoms with Crippen LogP contribution in [-0.4, -0.2) is 21.9 Å². The molecule has 0 saturated heterocycles. The predicted octanol–water partition coefficient (Wildman–Crippen LogP) is -1.16. The zero-order valence-electron chi connectivity index (χ0n) is 6.86. The number of hydrogen-bond acceptors (Lipinski definition) is 4. The summed E-state index contributed by atoms with van der Waals surface area (Å²) in [6, 6.07) is 0. The zero-order valence-corrected chi connectivity index (χ0v) is 6.86. The monoisotopic (exact) mass is 181 g/mol. The summed E-state index contributed by atoms with van der Waals surface area (Å²) >= 11 is 0. The Kier molecular flexibility index (Phi) is 5.43. The van der Waals surface area contributed by atoms with E-state index in [2.05, 4.69) is 9.97 Å². The summed E-state index contributed by atoms with van der Waals surface area (Å²) < 4.78 is 0. The van der Waals surface area contributed by atoms with Gasteiger partial charge < -0.3 is 11.5 Å². The predicted molar refractivity (Wildman–Crippen MR) is 49.0 cm³/mol. The molecule has 0 aliphatic heterocycles. The van der Waals surface area contributed by atoms with E-state index < -0.39 is 0 Å². The molecule has 13 heavy (non-hydrogen) atoms.